The zero-order chi connectivity index (χ0) is 17.9. The summed E-state index contributed by atoms with van der Waals surface area (Å²) in [6.07, 6.45) is 7.65. The molecule has 0 bridgehead atoms. The van der Waals surface area contributed by atoms with Gasteiger partial charge in [-0.2, -0.15) is 5.10 Å². The number of benzene rings is 1. The predicted octanol–water partition coefficient (Wildman–Crippen LogP) is 3.88. The summed E-state index contributed by atoms with van der Waals surface area (Å²) in [5, 5.41) is 11.3. The fourth-order valence-electron chi connectivity index (χ4n) is 3.84. The van der Waals surface area contributed by atoms with Gasteiger partial charge in [-0.15, -0.1) is 0 Å². The van der Waals surface area contributed by atoms with Gasteiger partial charge in [0.05, 0.1) is 31.1 Å². The Morgan fingerprint density at radius 1 is 1.27 bits per heavy atom. The summed E-state index contributed by atoms with van der Waals surface area (Å²) in [5.74, 6) is 1.17. The van der Waals surface area contributed by atoms with Crippen LogP contribution < -0.4 is 10.1 Å². The van der Waals surface area contributed by atoms with Crippen LogP contribution in [0.2, 0.25) is 0 Å². The summed E-state index contributed by atoms with van der Waals surface area (Å²) >= 11 is 0. The molecule has 0 aliphatic heterocycles. The molecule has 1 aliphatic rings. The second-order valence-electron chi connectivity index (χ2n) is 6.96. The molecule has 0 radical (unpaired) electrons. The zero-order valence-electron chi connectivity index (χ0n) is 15.0. The van der Waals surface area contributed by atoms with Crippen LogP contribution in [0.3, 0.4) is 0 Å². The van der Waals surface area contributed by atoms with Crippen molar-refractivity contribution in [2.24, 2.45) is 0 Å². The van der Waals surface area contributed by atoms with Crippen LogP contribution in [0.5, 0.6) is 5.75 Å². The molecule has 2 heterocycles. The lowest BCUT2D eigenvalue weighted by molar-refractivity contribution is 0.0949. The minimum atomic E-state index is -0.0736. The Kier molecular flexibility index (Phi) is 4.65. The second-order valence-corrected chi connectivity index (χ2v) is 6.96. The molecule has 2 aromatic heterocycles. The summed E-state index contributed by atoms with van der Waals surface area (Å²) in [4.78, 5) is 16.0. The van der Waals surface area contributed by atoms with Crippen LogP contribution >= 0.6 is 0 Å². The van der Waals surface area contributed by atoms with Crippen molar-refractivity contribution in [2.45, 2.75) is 44.6 Å². The molecule has 1 saturated carbocycles. The first-order chi connectivity index (χ1) is 12.7. The van der Waals surface area contributed by atoms with E-state index in [4.69, 9.17) is 4.74 Å². The van der Waals surface area contributed by atoms with Gasteiger partial charge in [0.15, 0.2) is 0 Å². The Morgan fingerprint density at radius 2 is 2.12 bits per heavy atom. The maximum atomic E-state index is 12.7. The van der Waals surface area contributed by atoms with E-state index in [0.717, 1.165) is 40.9 Å². The van der Waals surface area contributed by atoms with Crippen LogP contribution in [0.25, 0.3) is 10.9 Å². The molecular weight excluding hydrogens is 328 g/mol. The van der Waals surface area contributed by atoms with Gasteiger partial charge in [0.1, 0.15) is 5.75 Å². The highest BCUT2D eigenvalue weighted by molar-refractivity contribution is 5.95. The summed E-state index contributed by atoms with van der Waals surface area (Å²) in [5.41, 5.74) is 3.66. The Bertz CT molecular complexity index is 906. The van der Waals surface area contributed by atoms with E-state index < -0.39 is 0 Å². The summed E-state index contributed by atoms with van der Waals surface area (Å²) in [6.45, 7) is 0.450. The first-order valence-electron chi connectivity index (χ1n) is 9.21. The summed E-state index contributed by atoms with van der Waals surface area (Å²) < 4.78 is 5.26. The molecule has 0 atom stereocenters. The van der Waals surface area contributed by atoms with Gasteiger partial charge in [0.25, 0.3) is 5.91 Å². The normalized spacial score (nSPS) is 15.3. The van der Waals surface area contributed by atoms with Crippen molar-refractivity contribution in [2.75, 3.05) is 7.11 Å². The van der Waals surface area contributed by atoms with E-state index in [1.54, 1.807) is 13.3 Å². The number of nitrogens with one attached hydrogen (secondary N) is 3. The third-order valence-corrected chi connectivity index (χ3v) is 5.25. The fourth-order valence-corrected chi connectivity index (χ4v) is 3.84. The second kappa shape index (κ2) is 7.23. The summed E-state index contributed by atoms with van der Waals surface area (Å²) in [7, 11) is 1.66. The van der Waals surface area contributed by atoms with Crippen LogP contribution in [-0.4, -0.2) is 28.2 Å². The Balaban J connectivity index is 1.45. The van der Waals surface area contributed by atoms with E-state index in [-0.39, 0.29) is 5.91 Å². The van der Waals surface area contributed by atoms with Crippen molar-refractivity contribution in [3.8, 4) is 5.75 Å². The van der Waals surface area contributed by atoms with Crippen LogP contribution in [0.4, 0.5) is 0 Å². The molecule has 6 heteroatoms. The molecule has 4 rings (SSSR count). The largest absolute Gasteiger partial charge is 0.497 e. The molecule has 3 aromatic rings. The number of carbonyl (C=O) groups excluding carboxylic acids is 1. The van der Waals surface area contributed by atoms with E-state index in [1.165, 1.54) is 19.3 Å². The third kappa shape index (κ3) is 3.31. The van der Waals surface area contributed by atoms with E-state index >= 15 is 0 Å². The van der Waals surface area contributed by atoms with Crippen LogP contribution in [0, 0.1) is 0 Å². The van der Waals surface area contributed by atoms with Gasteiger partial charge < -0.3 is 15.0 Å². The highest BCUT2D eigenvalue weighted by Crippen LogP contribution is 2.33. The third-order valence-electron chi connectivity index (χ3n) is 5.25. The van der Waals surface area contributed by atoms with Gasteiger partial charge in [-0.3, -0.25) is 9.89 Å². The van der Waals surface area contributed by atoms with Gasteiger partial charge >= 0.3 is 0 Å². The first-order valence-corrected chi connectivity index (χ1v) is 9.21. The number of methoxy groups -OCH3 is 1. The van der Waals surface area contributed by atoms with Crippen molar-refractivity contribution >= 4 is 16.8 Å². The highest BCUT2D eigenvalue weighted by atomic mass is 16.5. The SMILES string of the molecule is COc1ccc2[nH]c(CNC(=O)c3cn[nH]c3C3CCCCC3)cc2c1. The molecule has 1 amide bonds. The lowest BCUT2D eigenvalue weighted by atomic mass is 9.85. The molecule has 1 aliphatic carbocycles. The Morgan fingerprint density at radius 3 is 2.92 bits per heavy atom. The zero-order valence-corrected chi connectivity index (χ0v) is 15.0. The number of rotatable bonds is 5. The topological polar surface area (TPSA) is 82.8 Å². The number of nitrogens with zero attached hydrogens (tertiary/aromatic N) is 1. The van der Waals surface area contributed by atoms with E-state index in [9.17, 15) is 4.79 Å². The quantitative estimate of drug-likeness (QED) is 0.652. The summed E-state index contributed by atoms with van der Waals surface area (Å²) in [6, 6.07) is 7.92. The predicted molar refractivity (Wildman–Crippen MR) is 100 cm³/mol. The van der Waals surface area contributed by atoms with Crippen LogP contribution in [0.15, 0.2) is 30.5 Å². The van der Waals surface area contributed by atoms with E-state index in [0.29, 0.717) is 18.0 Å². The minimum Gasteiger partial charge on any atom is -0.497 e. The molecule has 0 spiro atoms. The van der Waals surface area contributed by atoms with Crippen molar-refractivity contribution < 1.29 is 9.53 Å². The standard InChI is InChI=1S/C20H24N4O2/c1-26-16-7-8-18-14(10-16)9-15(23-18)11-21-20(25)17-12-22-24-19(17)13-5-3-2-4-6-13/h7-10,12-13,23H,2-6,11H2,1H3,(H,21,25)(H,22,24). The number of hydrogen-bond acceptors (Lipinski definition) is 3. The first kappa shape index (κ1) is 16.7. The van der Waals surface area contributed by atoms with Crippen molar-refractivity contribution in [3.05, 3.63) is 47.4 Å². The molecule has 1 aromatic carbocycles. The lowest BCUT2D eigenvalue weighted by Gasteiger charge is -2.21. The lowest BCUT2D eigenvalue weighted by Crippen LogP contribution is -2.24. The van der Waals surface area contributed by atoms with Crippen LogP contribution in [0.1, 0.15) is 59.8 Å². The number of carbonyl (C=O) groups is 1. The Labute approximate surface area is 152 Å². The molecule has 6 nitrogen and oxygen atoms in total. The molecule has 1 fully saturated rings. The van der Waals surface area contributed by atoms with Gasteiger partial charge in [0, 0.05) is 22.5 Å². The average molecular weight is 352 g/mol. The number of ether oxygens (including phenoxy) is 1. The number of amides is 1. The van der Waals surface area contributed by atoms with Gasteiger partial charge in [-0.1, -0.05) is 19.3 Å². The fraction of sp³-hybridized carbons (Fsp3) is 0.400. The monoisotopic (exact) mass is 352 g/mol. The average Bonchev–Trinajstić information content (AvgIpc) is 3.32. The highest BCUT2D eigenvalue weighted by Gasteiger charge is 2.23. The number of H-pyrrole nitrogens is 2. The molecule has 26 heavy (non-hydrogen) atoms. The smallest absolute Gasteiger partial charge is 0.255 e. The number of aromatic amines is 2. The molecule has 3 N–H and O–H groups in total. The molecule has 0 unspecified atom stereocenters. The van der Waals surface area contributed by atoms with Crippen molar-refractivity contribution in [3.63, 3.8) is 0 Å². The van der Waals surface area contributed by atoms with E-state index in [2.05, 4.69) is 20.5 Å². The number of aromatic nitrogens is 3. The van der Waals surface area contributed by atoms with E-state index in [1.807, 2.05) is 24.3 Å². The molecular formula is C20H24N4O2. The van der Waals surface area contributed by atoms with Gasteiger partial charge in [-0.05, 0) is 37.1 Å². The number of fused-ring (bicyclic) bond motifs is 1. The minimum absolute atomic E-state index is 0.0736. The Hall–Kier alpha value is -2.76. The van der Waals surface area contributed by atoms with Gasteiger partial charge in [-0.25, -0.2) is 0 Å². The molecule has 136 valence electrons. The van der Waals surface area contributed by atoms with Crippen molar-refractivity contribution in [1.82, 2.24) is 20.5 Å². The van der Waals surface area contributed by atoms with Gasteiger partial charge in [0.2, 0.25) is 0 Å². The number of hydrogen-bond donors (Lipinski definition) is 3. The maximum Gasteiger partial charge on any atom is 0.255 e. The maximum absolute atomic E-state index is 12.7. The van der Waals surface area contributed by atoms with Crippen molar-refractivity contribution in [1.29, 1.82) is 0 Å². The molecule has 0 saturated heterocycles. The van der Waals surface area contributed by atoms with Crippen LogP contribution in [-0.2, 0) is 6.54 Å².